The zero-order chi connectivity index (χ0) is 24.9. The van der Waals surface area contributed by atoms with E-state index in [4.69, 9.17) is 9.47 Å². The average molecular weight is 479 g/mol. The van der Waals surface area contributed by atoms with Gasteiger partial charge in [-0.3, -0.25) is 19.3 Å². The fraction of sp³-hybridized carbons (Fsp3) is 0.407. The van der Waals surface area contributed by atoms with E-state index in [1.165, 1.54) is 26.0 Å². The number of fused-ring (bicyclic) bond motifs is 1. The predicted octanol–water partition coefficient (Wildman–Crippen LogP) is 3.88. The van der Waals surface area contributed by atoms with Gasteiger partial charge in [0.05, 0.1) is 24.8 Å². The molecule has 8 nitrogen and oxygen atoms in total. The van der Waals surface area contributed by atoms with Gasteiger partial charge in [0.2, 0.25) is 0 Å². The summed E-state index contributed by atoms with van der Waals surface area (Å²) in [6.07, 6.45) is 5.39. The van der Waals surface area contributed by atoms with Crippen LogP contribution in [0.5, 0.6) is 5.75 Å². The van der Waals surface area contributed by atoms with Crippen LogP contribution in [0.2, 0.25) is 0 Å². The molecule has 1 aliphatic heterocycles. The highest BCUT2D eigenvalue weighted by Crippen LogP contribution is 2.27. The fourth-order valence-electron chi connectivity index (χ4n) is 4.60. The van der Waals surface area contributed by atoms with Crippen LogP contribution in [0.15, 0.2) is 42.5 Å². The van der Waals surface area contributed by atoms with Gasteiger partial charge in [-0.15, -0.1) is 0 Å². The number of amides is 3. The average Bonchev–Trinajstić information content (AvgIpc) is 3.03. The number of esters is 1. The van der Waals surface area contributed by atoms with Crippen LogP contribution in [0, 0.1) is 0 Å². The van der Waals surface area contributed by atoms with E-state index in [1.54, 1.807) is 43.3 Å². The summed E-state index contributed by atoms with van der Waals surface area (Å²) >= 11 is 0. The SMILES string of the molecule is COc1ccc(CN2C(=O)c3ccccc3C2=O)cc1C(=O)O[C@@H](C)C(=O)NC1CCCCCC1. The van der Waals surface area contributed by atoms with Crippen LogP contribution in [0.1, 0.15) is 82.1 Å². The molecular formula is C27H30N2O6. The second-order valence-corrected chi connectivity index (χ2v) is 9.02. The second-order valence-electron chi connectivity index (χ2n) is 9.02. The molecule has 0 aromatic heterocycles. The van der Waals surface area contributed by atoms with Gasteiger partial charge < -0.3 is 14.8 Å². The van der Waals surface area contributed by atoms with Crippen LogP contribution in [0.25, 0.3) is 0 Å². The van der Waals surface area contributed by atoms with Crippen molar-refractivity contribution in [1.82, 2.24) is 10.2 Å². The normalized spacial score (nSPS) is 16.9. The molecule has 1 heterocycles. The standard InChI is InChI=1S/C27H30N2O6/c1-17(24(30)28-19-9-5-3-4-6-10-19)35-27(33)22-15-18(13-14-23(22)34-2)16-29-25(31)20-11-7-8-12-21(20)26(29)32/h7-8,11-15,17,19H,3-6,9-10,16H2,1-2H3,(H,28,30)/t17-/m0/s1. The fourth-order valence-corrected chi connectivity index (χ4v) is 4.60. The smallest absolute Gasteiger partial charge is 0.342 e. The molecule has 1 fully saturated rings. The van der Waals surface area contributed by atoms with Gasteiger partial charge >= 0.3 is 5.97 Å². The van der Waals surface area contributed by atoms with Crippen molar-refractivity contribution in [3.05, 3.63) is 64.7 Å². The third kappa shape index (κ3) is 5.37. The quantitative estimate of drug-likeness (QED) is 0.368. The Hall–Kier alpha value is -3.68. The molecular weight excluding hydrogens is 448 g/mol. The summed E-state index contributed by atoms with van der Waals surface area (Å²) in [7, 11) is 1.43. The molecule has 8 heteroatoms. The molecule has 0 unspecified atom stereocenters. The van der Waals surface area contributed by atoms with E-state index in [-0.39, 0.29) is 41.6 Å². The topological polar surface area (TPSA) is 102 Å². The maximum Gasteiger partial charge on any atom is 0.342 e. The van der Waals surface area contributed by atoms with Crippen molar-refractivity contribution in [2.75, 3.05) is 7.11 Å². The zero-order valence-corrected chi connectivity index (χ0v) is 20.0. The lowest BCUT2D eigenvalue weighted by Crippen LogP contribution is -2.41. The molecule has 1 aliphatic carbocycles. The molecule has 2 aliphatic rings. The highest BCUT2D eigenvalue weighted by Gasteiger charge is 2.35. The van der Waals surface area contributed by atoms with Crippen molar-refractivity contribution in [2.45, 2.75) is 64.1 Å². The number of imide groups is 1. The lowest BCUT2D eigenvalue weighted by Gasteiger charge is -2.20. The Morgan fingerprint density at radius 1 is 1.00 bits per heavy atom. The molecule has 0 saturated heterocycles. The molecule has 4 rings (SSSR count). The number of carbonyl (C=O) groups is 4. The van der Waals surface area contributed by atoms with E-state index in [0.717, 1.165) is 30.6 Å². The number of carbonyl (C=O) groups excluding carboxylic acids is 4. The largest absolute Gasteiger partial charge is 0.496 e. The Balaban J connectivity index is 1.44. The van der Waals surface area contributed by atoms with Crippen molar-refractivity contribution in [1.29, 1.82) is 0 Å². The first kappa shape index (κ1) is 24.4. The highest BCUT2D eigenvalue weighted by molar-refractivity contribution is 6.21. The molecule has 2 aromatic carbocycles. The van der Waals surface area contributed by atoms with Crippen molar-refractivity contribution in [2.24, 2.45) is 0 Å². The summed E-state index contributed by atoms with van der Waals surface area (Å²) in [4.78, 5) is 52.1. The van der Waals surface area contributed by atoms with Crippen LogP contribution >= 0.6 is 0 Å². The molecule has 1 saturated carbocycles. The Morgan fingerprint density at radius 2 is 1.63 bits per heavy atom. The number of nitrogens with zero attached hydrogens (tertiary/aromatic N) is 1. The van der Waals surface area contributed by atoms with E-state index in [9.17, 15) is 19.2 Å². The third-order valence-electron chi connectivity index (χ3n) is 6.56. The van der Waals surface area contributed by atoms with Crippen molar-refractivity contribution >= 4 is 23.7 Å². The Bertz CT molecular complexity index is 1100. The molecule has 3 amide bonds. The Kier molecular flexibility index (Phi) is 7.48. The number of rotatable bonds is 7. The van der Waals surface area contributed by atoms with E-state index >= 15 is 0 Å². The first-order valence-corrected chi connectivity index (χ1v) is 12.0. The van der Waals surface area contributed by atoms with Crippen LogP contribution in [0.4, 0.5) is 0 Å². The van der Waals surface area contributed by atoms with Gasteiger partial charge in [0.25, 0.3) is 17.7 Å². The number of benzene rings is 2. The van der Waals surface area contributed by atoms with E-state index in [0.29, 0.717) is 16.7 Å². The van der Waals surface area contributed by atoms with Crippen LogP contribution in [0.3, 0.4) is 0 Å². The third-order valence-corrected chi connectivity index (χ3v) is 6.56. The predicted molar refractivity (Wildman–Crippen MR) is 128 cm³/mol. The van der Waals surface area contributed by atoms with Crippen LogP contribution < -0.4 is 10.1 Å². The number of nitrogens with one attached hydrogen (secondary N) is 1. The number of ether oxygens (including phenoxy) is 2. The van der Waals surface area contributed by atoms with E-state index < -0.39 is 12.1 Å². The summed E-state index contributed by atoms with van der Waals surface area (Å²) in [6, 6.07) is 11.6. The first-order valence-electron chi connectivity index (χ1n) is 12.0. The maximum atomic E-state index is 13.0. The Morgan fingerprint density at radius 3 is 2.23 bits per heavy atom. The summed E-state index contributed by atoms with van der Waals surface area (Å²) in [5, 5.41) is 2.99. The molecule has 1 atom stereocenters. The van der Waals surface area contributed by atoms with E-state index in [2.05, 4.69) is 5.32 Å². The molecule has 0 radical (unpaired) electrons. The van der Waals surface area contributed by atoms with Crippen molar-refractivity contribution in [3.8, 4) is 5.75 Å². The monoisotopic (exact) mass is 478 g/mol. The molecule has 2 aromatic rings. The van der Waals surface area contributed by atoms with Gasteiger partial charge in [0, 0.05) is 6.04 Å². The highest BCUT2D eigenvalue weighted by atomic mass is 16.5. The van der Waals surface area contributed by atoms with Crippen LogP contribution in [-0.4, -0.2) is 47.8 Å². The minimum atomic E-state index is -0.977. The number of methoxy groups -OCH3 is 1. The summed E-state index contributed by atoms with van der Waals surface area (Å²) in [5.41, 5.74) is 1.40. The lowest BCUT2D eigenvalue weighted by atomic mass is 10.1. The van der Waals surface area contributed by atoms with Crippen molar-refractivity contribution in [3.63, 3.8) is 0 Å². The van der Waals surface area contributed by atoms with Gasteiger partial charge in [-0.2, -0.15) is 0 Å². The lowest BCUT2D eigenvalue weighted by molar-refractivity contribution is -0.129. The van der Waals surface area contributed by atoms with Gasteiger partial charge in [0.15, 0.2) is 6.10 Å². The van der Waals surface area contributed by atoms with E-state index in [1.807, 2.05) is 0 Å². The summed E-state index contributed by atoms with van der Waals surface area (Å²) in [5.74, 6) is -1.53. The second kappa shape index (κ2) is 10.7. The summed E-state index contributed by atoms with van der Waals surface area (Å²) in [6.45, 7) is 1.54. The number of hydrogen-bond acceptors (Lipinski definition) is 6. The van der Waals surface area contributed by atoms with Gasteiger partial charge in [-0.1, -0.05) is 43.9 Å². The van der Waals surface area contributed by atoms with Crippen molar-refractivity contribution < 1.29 is 28.7 Å². The molecule has 0 spiro atoms. The minimum absolute atomic E-state index is 0.00561. The summed E-state index contributed by atoms with van der Waals surface area (Å²) < 4.78 is 10.8. The maximum absolute atomic E-state index is 13.0. The van der Waals surface area contributed by atoms with Gasteiger partial charge in [0.1, 0.15) is 11.3 Å². The molecule has 0 bridgehead atoms. The van der Waals surface area contributed by atoms with Gasteiger partial charge in [-0.05, 0) is 49.6 Å². The molecule has 1 N–H and O–H groups in total. The first-order chi connectivity index (χ1) is 16.9. The van der Waals surface area contributed by atoms with Crippen LogP contribution in [-0.2, 0) is 16.1 Å². The molecule has 35 heavy (non-hydrogen) atoms. The molecule has 184 valence electrons. The Labute approximate surface area is 204 Å². The number of hydrogen-bond donors (Lipinski definition) is 1. The van der Waals surface area contributed by atoms with Gasteiger partial charge in [-0.25, -0.2) is 4.79 Å². The minimum Gasteiger partial charge on any atom is -0.496 e. The zero-order valence-electron chi connectivity index (χ0n) is 20.0.